The molecule has 2 aromatic carbocycles. The second kappa shape index (κ2) is 7.52. The van der Waals surface area contributed by atoms with E-state index >= 15 is 0 Å². The molecule has 2 aromatic rings. The second-order valence-electron chi connectivity index (χ2n) is 7.26. The Labute approximate surface area is 145 Å². The van der Waals surface area contributed by atoms with Crippen LogP contribution >= 0.6 is 0 Å². The van der Waals surface area contributed by atoms with Crippen LogP contribution < -0.4 is 10.1 Å². The van der Waals surface area contributed by atoms with Gasteiger partial charge in [0, 0.05) is 0 Å². The Morgan fingerprint density at radius 1 is 1.04 bits per heavy atom. The topological polar surface area (TPSA) is 38.3 Å². The average molecular weight is 325 g/mol. The van der Waals surface area contributed by atoms with Gasteiger partial charge in [-0.15, -0.1) is 0 Å². The largest absolute Gasteiger partial charge is 0.484 e. The molecule has 0 aliphatic carbocycles. The minimum absolute atomic E-state index is 0.0189. The Kier molecular flexibility index (Phi) is 5.66. The van der Waals surface area contributed by atoms with E-state index in [0.29, 0.717) is 5.75 Å². The van der Waals surface area contributed by atoms with Crippen LogP contribution in [0.2, 0.25) is 0 Å². The molecule has 128 valence electrons. The third-order valence-corrected chi connectivity index (χ3v) is 4.05. The van der Waals surface area contributed by atoms with Crippen molar-refractivity contribution in [2.24, 2.45) is 0 Å². The van der Waals surface area contributed by atoms with Gasteiger partial charge >= 0.3 is 0 Å². The summed E-state index contributed by atoms with van der Waals surface area (Å²) >= 11 is 0. The number of ether oxygens (including phenoxy) is 1. The molecule has 0 fully saturated rings. The summed E-state index contributed by atoms with van der Waals surface area (Å²) in [6.45, 7) is 10.5. The molecule has 0 radical (unpaired) electrons. The highest BCUT2D eigenvalue weighted by molar-refractivity contribution is 5.78. The van der Waals surface area contributed by atoms with E-state index in [0.717, 1.165) is 5.56 Å². The molecular weight excluding hydrogens is 298 g/mol. The van der Waals surface area contributed by atoms with Crippen molar-refractivity contribution >= 4 is 5.91 Å². The molecule has 0 aliphatic heterocycles. The van der Waals surface area contributed by atoms with Gasteiger partial charge in [0.1, 0.15) is 5.75 Å². The van der Waals surface area contributed by atoms with Crippen LogP contribution in [-0.2, 0) is 10.2 Å². The van der Waals surface area contributed by atoms with Crippen LogP contribution in [0.5, 0.6) is 5.75 Å². The number of nitrogens with one attached hydrogen (secondary N) is 1. The van der Waals surface area contributed by atoms with Crippen molar-refractivity contribution in [1.82, 2.24) is 5.32 Å². The first kappa shape index (κ1) is 18.1. The van der Waals surface area contributed by atoms with E-state index in [-0.39, 0.29) is 24.0 Å². The van der Waals surface area contributed by atoms with E-state index in [1.807, 2.05) is 62.4 Å². The minimum atomic E-state index is -0.122. The monoisotopic (exact) mass is 325 g/mol. The molecule has 24 heavy (non-hydrogen) atoms. The van der Waals surface area contributed by atoms with E-state index in [1.54, 1.807) is 0 Å². The second-order valence-corrected chi connectivity index (χ2v) is 7.26. The third kappa shape index (κ3) is 5.12. The highest BCUT2D eigenvalue weighted by Gasteiger charge is 2.14. The fourth-order valence-electron chi connectivity index (χ4n) is 2.42. The standard InChI is InChI=1S/C21H27NO2/c1-15-6-8-17(9-7-15)16(2)22-20(23)14-24-19-12-10-18(11-13-19)21(3,4)5/h6-13,16H,14H2,1-5H3,(H,22,23). The third-order valence-electron chi connectivity index (χ3n) is 4.05. The lowest BCUT2D eigenvalue weighted by Crippen LogP contribution is -2.31. The molecule has 1 atom stereocenters. The number of aryl methyl sites for hydroxylation is 1. The molecule has 1 N–H and O–H groups in total. The summed E-state index contributed by atoms with van der Waals surface area (Å²) in [5, 5.41) is 2.96. The lowest BCUT2D eigenvalue weighted by Gasteiger charge is -2.19. The summed E-state index contributed by atoms with van der Waals surface area (Å²) in [5.41, 5.74) is 3.65. The van der Waals surface area contributed by atoms with Crippen LogP contribution in [0.1, 0.15) is 50.4 Å². The summed E-state index contributed by atoms with van der Waals surface area (Å²) in [7, 11) is 0. The summed E-state index contributed by atoms with van der Waals surface area (Å²) in [6, 6.07) is 16.0. The molecule has 0 bridgehead atoms. The highest BCUT2D eigenvalue weighted by atomic mass is 16.5. The number of hydrogen-bond donors (Lipinski definition) is 1. The predicted octanol–water partition coefficient (Wildman–Crippen LogP) is 4.55. The fourth-order valence-corrected chi connectivity index (χ4v) is 2.42. The number of benzene rings is 2. The molecule has 0 saturated carbocycles. The van der Waals surface area contributed by atoms with Crippen molar-refractivity contribution in [1.29, 1.82) is 0 Å². The van der Waals surface area contributed by atoms with E-state index in [2.05, 4.69) is 26.1 Å². The van der Waals surface area contributed by atoms with Crippen molar-refractivity contribution in [2.75, 3.05) is 6.61 Å². The molecule has 3 nitrogen and oxygen atoms in total. The molecule has 2 rings (SSSR count). The molecule has 0 saturated heterocycles. The first-order valence-electron chi connectivity index (χ1n) is 8.35. The zero-order valence-electron chi connectivity index (χ0n) is 15.2. The molecular formula is C21H27NO2. The number of carbonyl (C=O) groups is 1. The fraction of sp³-hybridized carbons (Fsp3) is 0.381. The summed E-state index contributed by atoms with van der Waals surface area (Å²) in [5.74, 6) is 0.587. The van der Waals surface area contributed by atoms with Crippen molar-refractivity contribution in [3.63, 3.8) is 0 Å². The molecule has 0 heterocycles. The summed E-state index contributed by atoms with van der Waals surface area (Å²) in [4.78, 5) is 12.1. The number of carbonyl (C=O) groups excluding carboxylic acids is 1. The smallest absolute Gasteiger partial charge is 0.258 e. The predicted molar refractivity (Wildman–Crippen MR) is 98.4 cm³/mol. The molecule has 3 heteroatoms. The SMILES string of the molecule is Cc1ccc(C(C)NC(=O)COc2ccc(C(C)(C)C)cc2)cc1. The van der Waals surface area contributed by atoms with Crippen LogP contribution in [0.25, 0.3) is 0 Å². The van der Waals surface area contributed by atoms with Gasteiger partial charge in [0.25, 0.3) is 5.91 Å². The van der Waals surface area contributed by atoms with Gasteiger partial charge in [-0.3, -0.25) is 4.79 Å². The van der Waals surface area contributed by atoms with Crippen molar-refractivity contribution in [3.05, 3.63) is 65.2 Å². The normalized spacial score (nSPS) is 12.5. The number of amides is 1. The maximum Gasteiger partial charge on any atom is 0.258 e. The average Bonchev–Trinajstić information content (AvgIpc) is 2.53. The van der Waals surface area contributed by atoms with Crippen LogP contribution in [0, 0.1) is 6.92 Å². The maximum absolute atomic E-state index is 12.1. The zero-order chi connectivity index (χ0) is 17.7. The van der Waals surface area contributed by atoms with Crippen LogP contribution in [-0.4, -0.2) is 12.5 Å². The van der Waals surface area contributed by atoms with Crippen molar-refractivity contribution in [2.45, 2.75) is 46.1 Å². The Morgan fingerprint density at radius 3 is 2.17 bits per heavy atom. The Hall–Kier alpha value is -2.29. The van der Waals surface area contributed by atoms with Gasteiger partial charge in [-0.05, 0) is 42.5 Å². The zero-order valence-corrected chi connectivity index (χ0v) is 15.2. The van der Waals surface area contributed by atoms with E-state index < -0.39 is 0 Å². The summed E-state index contributed by atoms with van der Waals surface area (Å²) in [6.07, 6.45) is 0. The van der Waals surface area contributed by atoms with Gasteiger partial charge in [0.05, 0.1) is 6.04 Å². The molecule has 1 amide bonds. The lowest BCUT2D eigenvalue weighted by atomic mass is 9.87. The Bertz CT molecular complexity index is 666. The van der Waals surface area contributed by atoms with Gasteiger partial charge in [-0.2, -0.15) is 0 Å². The van der Waals surface area contributed by atoms with Crippen LogP contribution in [0.3, 0.4) is 0 Å². The van der Waals surface area contributed by atoms with Crippen LogP contribution in [0.4, 0.5) is 0 Å². The molecule has 0 aliphatic rings. The van der Waals surface area contributed by atoms with E-state index in [9.17, 15) is 4.79 Å². The van der Waals surface area contributed by atoms with E-state index in [1.165, 1.54) is 11.1 Å². The molecule has 0 aromatic heterocycles. The Morgan fingerprint density at radius 2 is 1.62 bits per heavy atom. The minimum Gasteiger partial charge on any atom is -0.484 e. The maximum atomic E-state index is 12.1. The highest BCUT2D eigenvalue weighted by Crippen LogP contribution is 2.24. The first-order chi connectivity index (χ1) is 11.3. The lowest BCUT2D eigenvalue weighted by molar-refractivity contribution is -0.123. The Balaban J connectivity index is 1.85. The van der Waals surface area contributed by atoms with Crippen molar-refractivity contribution < 1.29 is 9.53 Å². The summed E-state index contributed by atoms with van der Waals surface area (Å²) < 4.78 is 5.58. The first-order valence-corrected chi connectivity index (χ1v) is 8.35. The van der Waals surface area contributed by atoms with E-state index in [4.69, 9.17) is 4.74 Å². The van der Waals surface area contributed by atoms with Gasteiger partial charge in [0.2, 0.25) is 0 Å². The van der Waals surface area contributed by atoms with Gasteiger partial charge < -0.3 is 10.1 Å². The molecule has 1 unspecified atom stereocenters. The van der Waals surface area contributed by atoms with Gasteiger partial charge in [-0.1, -0.05) is 62.7 Å². The van der Waals surface area contributed by atoms with Gasteiger partial charge in [0.15, 0.2) is 6.61 Å². The van der Waals surface area contributed by atoms with Gasteiger partial charge in [-0.25, -0.2) is 0 Å². The number of rotatable bonds is 5. The van der Waals surface area contributed by atoms with Crippen molar-refractivity contribution in [3.8, 4) is 5.75 Å². The quantitative estimate of drug-likeness (QED) is 0.876. The number of hydrogen-bond acceptors (Lipinski definition) is 2. The van der Waals surface area contributed by atoms with Crippen LogP contribution in [0.15, 0.2) is 48.5 Å². The molecule has 0 spiro atoms.